The molecule has 3 aliphatic rings. The average molecular weight is 669 g/mol. The van der Waals surface area contributed by atoms with Crippen LogP contribution in [0.15, 0.2) is 53.7 Å². The highest BCUT2D eigenvalue weighted by molar-refractivity contribution is 14.1. The van der Waals surface area contributed by atoms with Gasteiger partial charge in [0.25, 0.3) is 17.5 Å². The van der Waals surface area contributed by atoms with Crippen LogP contribution in [0, 0.1) is 40.9 Å². The van der Waals surface area contributed by atoms with Gasteiger partial charge in [0.1, 0.15) is 12.4 Å². The van der Waals surface area contributed by atoms with Gasteiger partial charge in [-0.2, -0.15) is 10.1 Å². The van der Waals surface area contributed by atoms with Gasteiger partial charge in [-0.05, 0) is 98.8 Å². The Labute approximate surface area is 216 Å². The predicted molar refractivity (Wildman–Crippen MR) is 136 cm³/mol. The first-order chi connectivity index (χ1) is 15.8. The van der Waals surface area contributed by atoms with Gasteiger partial charge in [-0.3, -0.25) is 19.7 Å². The lowest BCUT2D eigenvalue weighted by molar-refractivity contribution is -0.384. The average Bonchev–Trinajstić information content (AvgIpc) is 3.46. The normalized spacial score (nSPS) is 25.3. The molecule has 2 amide bonds. The number of carbonyl (C=O) groups is 2. The van der Waals surface area contributed by atoms with Crippen molar-refractivity contribution in [3.8, 4) is 5.75 Å². The van der Waals surface area contributed by atoms with Gasteiger partial charge in [0.15, 0.2) is 0 Å². The SMILES string of the molecule is O=C1[C@@H]2[C@H](C(=O)N1/N=C\c1cc(I)c(OCc3ccc([N+](=O)[O-])cc3)c(I)c1)[C@H]1C=C[C@H]2C1. The van der Waals surface area contributed by atoms with E-state index in [9.17, 15) is 19.7 Å². The number of nitro benzene ring substituents is 1. The smallest absolute Gasteiger partial charge is 0.269 e. The maximum absolute atomic E-state index is 12.8. The molecule has 10 heteroatoms. The minimum atomic E-state index is -0.437. The minimum absolute atomic E-state index is 0.0362. The predicted octanol–water partition coefficient (Wildman–Crippen LogP) is 4.52. The van der Waals surface area contributed by atoms with Gasteiger partial charge in [-0.15, -0.1) is 0 Å². The lowest BCUT2D eigenvalue weighted by atomic mass is 9.85. The maximum atomic E-state index is 12.8. The number of allylic oxidation sites excluding steroid dienone is 2. The van der Waals surface area contributed by atoms with Crippen LogP contribution < -0.4 is 4.74 Å². The maximum Gasteiger partial charge on any atom is 0.269 e. The van der Waals surface area contributed by atoms with E-state index in [2.05, 4.69) is 62.4 Å². The van der Waals surface area contributed by atoms with Crippen molar-refractivity contribution < 1.29 is 19.2 Å². The molecule has 2 aromatic rings. The Balaban J connectivity index is 1.28. The van der Waals surface area contributed by atoms with E-state index in [0.717, 1.165) is 29.7 Å². The molecule has 8 nitrogen and oxygen atoms in total. The van der Waals surface area contributed by atoms with Gasteiger partial charge >= 0.3 is 0 Å². The highest BCUT2D eigenvalue weighted by atomic mass is 127. The number of non-ortho nitro benzene ring substituents is 1. The van der Waals surface area contributed by atoms with Crippen LogP contribution in [0.5, 0.6) is 5.75 Å². The zero-order valence-electron chi connectivity index (χ0n) is 17.1. The van der Waals surface area contributed by atoms with Crippen molar-refractivity contribution >= 4 is 68.9 Å². The van der Waals surface area contributed by atoms with Crippen LogP contribution in [0.1, 0.15) is 17.5 Å². The fraction of sp³-hybridized carbons (Fsp3) is 0.261. The van der Waals surface area contributed by atoms with Gasteiger partial charge in [0.05, 0.1) is 30.1 Å². The van der Waals surface area contributed by atoms with E-state index in [4.69, 9.17) is 4.74 Å². The van der Waals surface area contributed by atoms with Crippen LogP contribution in [-0.4, -0.2) is 28.0 Å². The zero-order valence-corrected chi connectivity index (χ0v) is 21.4. The van der Waals surface area contributed by atoms with Crippen molar-refractivity contribution in [3.05, 3.63) is 76.9 Å². The topological polar surface area (TPSA) is 102 Å². The second-order valence-corrected chi connectivity index (χ2v) is 10.6. The largest absolute Gasteiger partial charge is 0.487 e. The van der Waals surface area contributed by atoms with Crippen LogP contribution in [-0.2, 0) is 16.2 Å². The lowest BCUT2D eigenvalue weighted by Gasteiger charge is -2.13. The fourth-order valence-corrected chi connectivity index (χ4v) is 6.91. The van der Waals surface area contributed by atoms with Crippen molar-refractivity contribution in [1.29, 1.82) is 0 Å². The molecule has 0 unspecified atom stereocenters. The number of fused-ring (bicyclic) bond motifs is 5. The van der Waals surface area contributed by atoms with Gasteiger partial charge in [-0.25, -0.2) is 0 Å². The van der Waals surface area contributed by atoms with E-state index in [-0.39, 0.29) is 47.8 Å². The van der Waals surface area contributed by atoms with Gasteiger partial charge < -0.3 is 4.74 Å². The molecule has 1 heterocycles. The first-order valence-electron chi connectivity index (χ1n) is 10.3. The Morgan fingerprint density at radius 1 is 1.06 bits per heavy atom. The molecule has 0 radical (unpaired) electrons. The first-order valence-corrected chi connectivity index (χ1v) is 12.4. The number of nitrogens with zero attached hydrogens (tertiary/aromatic N) is 3. The van der Waals surface area contributed by atoms with Crippen LogP contribution in [0.3, 0.4) is 0 Å². The summed E-state index contributed by atoms with van der Waals surface area (Å²) in [6, 6.07) is 9.97. The van der Waals surface area contributed by atoms with Crippen LogP contribution in [0.4, 0.5) is 5.69 Å². The minimum Gasteiger partial charge on any atom is -0.487 e. The Kier molecular flexibility index (Phi) is 5.97. The van der Waals surface area contributed by atoms with E-state index in [1.807, 2.05) is 12.1 Å². The van der Waals surface area contributed by atoms with Crippen LogP contribution in [0.2, 0.25) is 0 Å². The van der Waals surface area contributed by atoms with Crippen LogP contribution >= 0.6 is 45.2 Å². The highest BCUT2D eigenvalue weighted by Gasteiger charge is 2.59. The molecule has 1 saturated heterocycles. The summed E-state index contributed by atoms with van der Waals surface area (Å²) < 4.78 is 7.64. The molecule has 0 N–H and O–H groups in total. The molecule has 0 aromatic heterocycles. The van der Waals surface area contributed by atoms with Crippen LogP contribution in [0.25, 0.3) is 0 Å². The molecule has 2 fully saturated rings. The Morgan fingerprint density at radius 3 is 2.18 bits per heavy atom. The number of amides is 2. The third kappa shape index (κ3) is 4.07. The number of hydrazone groups is 1. The molecule has 33 heavy (non-hydrogen) atoms. The monoisotopic (exact) mass is 669 g/mol. The second kappa shape index (κ2) is 8.78. The number of carbonyl (C=O) groups excluding carboxylic acids is 2. The summed E-state index contributed by atoms with van der Waals surface area (Å²) in [7, 11) is 0. The highest BCUT2D eigenvalue weighted by Crippen LogP contribution is 2.52. The third-order valence-electron chi connectivity index (χ3n) is 6.32. The molecular formula is C23H17I2N3O5. The number of benzene rings is 2. The number of rotatable bonds is 6. The van der Waals surface area contributed by atoms with Crippen molar-refractivity contribution in [2.24, 2.45) is 28.8 Å². The summed E-state index contributed by atoms with van der Waals surface area (Å²) in [5.74, 6) is 0.0741. The Hall–Kier alpha value is -2.35. The van der Waals surface area contributed by atoms with E-state index in [0.29, 0.717) is 5.75 Å². The van der Waals surface area contributed by atoms with E-state index in [1.165, 1.54) is 18.3 Å². The quantitative estimate of drug-likeness (QED) is 0.113. The van der Waals surface area contributed by atoms with Crippen molar-refractivity contribution in [2.75, 3.05) is 0 Å². The summed E-state index contributed by atoms with van der Waals surface area (Å²) in [5, 5.41) is 16.1. The molecule has 1 saturated carbocycles. The molecule has 0 spiro atoms. The summed E-state index contributed by atoms with van der Waals surface area (Å²) in [4.78, 5) is 35.9. The molecule has 2 bridgehead atoms. The number of imide groups is 1. The molecule has 4 atom stereocenters. The lowest BCUT2D eigenvalue weighted by Crippen LogP contribution is -2.28. The summed E-state index contributed by atoms with van der Waals surface area (Å²) >= 11 is 4.33. The van der Waals surface area contributed by atoms with Crippen molar-refractivity contribution in [3.63, 3.8) is 0 Å². The van der Waals surface area contributed by atoms with Crippen molar-refractivity contribution in [1.82, 2.24) is 5.01 Å². The van der Waals surface area contributed by atoms with E-state index >= 15 is 0 Å². The van der Waals surface area contributed by atoms with Gasteiger partial charge in [0, 0.05) is 12.1 Å². The van der Waals surface area contributed by atoms with Crippen molar-refractivity contribution in [2.45, 2.75) is 13.0 Å². The number of halogens is 2. The number of nitro groups is 1. The van der Waals surface area contributed by atoms with E-state index in [1.54, 1.807) is 12.1 Å². The zero-order chi connectivity index (χ0) is 23.3. The number of hydrogen-bond donors (Lipinski definition) is 0. The summed E-state index contributed by atoms with van der Waals surface area (Å²) in [6.07, 6.45) is 6.55. The second-order valence-electron chi connectivity index (χ2n) is 8.26. The fourth-order valence-electron chi connectivity index (χ4n) is 4.79. The van der Waals surface area contributed by atoms with Gasteiger partial charge in [0.2, 0.25) is 0 Å². The Morgan fingerprint density at radius 2 is 1.64 bits per heavy atom. The Bertz CT molecular complexity index is 1170. The number of ether oxygens (including phenoxy) is 1. The molecule has 5 rings (SSSR count). The first kappa shape index (κ1) is 22.4. The van der Waals surface area contributed by atoms with Gasteiger partial charge in [-0.1, -0.05) is 12.2 Å². The summed E-state index contributed by atoms with van der Waals surface area (Å²) in [5.41, 5.74) is 1.61. The van der Waals surface area contributed by atoms with E-state index < -0.39 is 4.92 Å². The molecule has 1 aliphatic heterocycles. The molecule has 2 aliphatic carbocycles. The standard InChI is InChI=1S/C23H17I2N3O5/c24-17-7-13(8-18(25)21(17)33-11-12-1-5-16(6-2-12)28(31)32)10-26-27-22(29)19-14-3-4-15(9-14)20(19)23(27)30/h1-8,10,14-15,19-20H,9,11H2/b26-10-/t14-,15-,19-,20+/m0/s1. The number of hydrogen-bond acceptors (Lipinski definition) is 6. The summed E-state index contributed by atoms with van der Waals surface area (Å²) in [6.45, 7) is 0.271. The molecule has 2 aromatic carbocycles. The molecule has 168 valence electrons. The molecular weight excluding hydrogens is 652 g/mol. The third-order valence-corrected chi connectivity index (χ3v) is 7.92.